The highest BCUT2D eigenvalue weighted by molar-refractivity contribution is 4.81. The van der Waals surface area contributed by atoms with E-state index in [1.165, 1.54) is 0 Å². The molecule has 17 heavy (non-hydrogen) atoms. The fourth-order valence-electron chi connectivity index (χ4n) is 2.02. The molecule has 1 rings (SSSR count). The molecular formula is C13H30F2N2. The third kappa shape index (κ3) is 8.50. The second-order valence-corrected chi connectivity index (χ2v) is 3.81. The highest BCUT2D eigenvalue weighted by atomic mass is 19.3. The van der Waals surface area contributed by atoms with Crippen LogP contribution in [0.25, 0.3) is 0 Å². The van der Waals surface area contributed by atoms with E-state index < -0.39 is 6.43 Å². The molecular weight excluding hydrogens is 222 g/mol. The Morgan fingerprint density at radius 1 is 1.24 bits per heavy atom. The molecule has 1 saturated heterocycles. The number of nitrogens with zero attached hydrogens (tertiary/aromatic N) is 1. The van der Waals surface area contributed by atoms with Crippen LogP contribution in [0, 0.1) is 5.92 Å². The van der Waals surface area contributed by atoms with Crippen LogP contribution < -0.4 is 5.32 Å². The molecule has 2 unspecified atom stereocenters. The van der Waals surface area contributed by atoms with Gasteiger partial charge in [-0.3, -0.25) is 4.90 Å². The minimum absolute atomic E-state index is 0.0687. The molecule has 106 valence electrons. The quantitative estimate of drug-likeness (QED) is 0.829. The zero-order chi connectivity index (χ0) is 13.8. The van der Waals surface area contributed by atoms with Crippen molar-refractivity contribution >= 4 is 0 Å². The molecule has 0 aromatic heterocycles. The number of hydrogen-bond acceptors (Lipinski definition) is 2. The lowest BCUT2D eigenvalue weighted by Crippen LogP contribution is -2.48. The van der Waals surface area contributed by atoms with E-state index in [0.29, 0.717) is 12.0 Å². The largest absolute Gasteiger partial charge is 0.317 e. The van der Waals surface area contributed by atoms with Crippen molar-refractivity contribution in [1.29, 1.82) is 0 Å². The average Bonchev–Trinajstić information content (AvgIpc) is 2.34. The summed E-state index contributed by atoms with van der Waals surface area (Å²) in [6.07, 6.45) is -1.22. The zero-order valence-corrected chi connectivity index (χ0v) is 12.3. The van der Waals surface area contributed by atoms with Gasteiger partial charge in [0.25, 0.3) is 6.43 Å². The summed E-state index contributed by atoms with van der Waals surface area (Å²) < 4.78 is 24.1. The highest BCUT2D eigenvalue weighted by Gasteiger charge is 2.25. The topological polar surface area (TPSA) is 15.3 Å². The third-order valence-electron chi connectivity index (χ3n) is 2.76. The first-order valence-electron chi connectivity index (χ1n) is 6.81. The molecule has 0 bridgehead atoms. The standard InChI is InChI=1S/C9H18F2N2.2C2H6/c1-7-5-13(6-9(10)11)4-3-8(7)12-2;2*1-2/h7-9,12H,3-6H2,1-2H3;2*1-2H3. The van der Waals surface area contributed by atoms with Crippen LogP contribution in [0.4, 0.5) is 8.78 Å². The molecule has 0 aromatic rings. The van der Waals surface area contributed by atoms with Gasteiger partial charge >= 0.3 is 0 Å². The smallest absolute Gasteiger partial charge is 0.251 e. The van der Waals surface area contributed by atoms with Gasteiger partial charge in [0, 0.05) is 12.6 Å². The Hall–Kier alpha value is -0.220. The van der Waals surface area contributed by atoms with Crippen LogP contribution in [-0.2, 0) is 0 Å². The van der Waals surface area contributed by atoms with Gasteiger partial charge < -0.3 is 5.32 Å². The number of piperidine rings is 1. The maximum absolute atomic E-state index is 12.1. The van der Waals surface area contributed by atoms with Gasteiger partial charge in [0.2, 0.25) is 0 Å². The number of rotatable bonds is 3. The zero-order valence-electron chi connectivity index (χ0n) is 12.3. The van der Waals surface area contributed by atoms with Crippen LogP contribution in [0.5, 0.6) is 0 Å². The normalized spacial score (nSPS) is 24.5. The summed E-state index contributed by atoms with van der Waals surface area (Å²) in [5.41, 5.74) is 0. The lowest BCUT2D eigenvalue weighted by Gasteiger charge is -2.36. The minimum Gasteiger partial charge on any atom is -0.317 e. The van der Waals surface area contributed by atoms with Crippen molar-refractivity contribution in [3.8, 4) is 0 Å². The summed E-state index contributed by atoms with van der Waals surface area (Å²) >= 11 is 0. The number of hydrogen-bond donors (Lipinski definition) is 1. The highest BCUT2D eigenvalue weighted by Crippen LogP contribution is 2.16. The van der Waals surface area contributed by atoms with Gasteiger partial charge in [-0.1, -0.05) is 34.6 Å². The SMILES string of the molecule is CC.CC.CNC1CCN(CC(F)F)CC1C. The van der Waals surface area contributed by atoms with Crippen molar-refractivity contribution in [3.05, 3.63) is 0 Å². The molecule has 2 nitrogen and oxygen atoms in total. The predicted octanol–water partition coefficient (Wildman–Crippen LogP) is 3.23. The fraction of sp³-hybridized carbons (Fsp3) is 1.00. The van der Waals surface area contributed by atoms with Crippen LogP contribution in [0.15, 0.2) is 0 Å². The molecule has 1 fully saturated rings. The van der Waals surface area contributed by atoms with Gasteiger partial charge in [0.15, 0.2) is 0 Å². The third-order valence-corrected chi connectivity index (χ3v) is 2.76. The number of halogens is 2. The number of alkyl halides is 2. The Bertz CT molecular complexity index is 154. The number of nitrogens with one attached hydrogen (secondary N) is 1. The van der Waals surface area contributed by atoms with Crippen molar-refractivity contribution in [1.82, 2.24) is 10.2 Å². The second-order valence-electron chi connectivity index (χ2n) is 3.81. The Morgan fingerprint density at radius 2 is 1.76 bits per heavy atom. The average molecular weight is 252 g/mol. The van der Waals surface area contributed by atoms with Crippen molar-refractivity contribution in [2.45, 2.75) is 53.5 Å². The monoisotopic (exact) mass is 252 g/mol. The Kier molecular flexibility index (Phi) is 13.8. The Labute approximate surface area is 106 Å². The lowest BCUT2D eigenvalue weighted by atomic mass is 9.94. The van der Waals surface area contributed by atoms with E-state index in [1.54, 1.807) is 0 Å². The first kappa shape index (κ1) is 19.1. The lowest BCUT2D eigenvalue weighted by molar-refractivity contribution is 0.0588. The second kappa shape index (κ2) is 12.2. The molecule has 0 aromatic carbocycles. The van der Waals surface area contributed by atoms with Crippen LogP contribution in [0.3, 0.4) is 0 Å². The molecule has 1 heterocycles. The van der Waals surface area contributed by atoms with Crippen LogP contribution in [0.2, 0.25) is 0 Å². The van der Waals surface area contributed by atoms with E-state index in [9.17, 15) is 8.78 Å². The molecule has 2 atom stereocenters. The van der Waals surface area contributed by atoms with E-state index >= 15 is 0 Å². The van der Waals surface area contributed by atoms with Crippen LogP contribution in [0.1, 0.15) is 41.0 Å². The predicted molar refractivity (Wildman–Crippen MR) is 71.8 cm³/mol. The van der Waals surface area contributed by atoms with Gasteiger partial charge in [0.05, 0.1) is 6.54 Å². The molecule has 0 spiro atoms. The van der Waals surface area contributed by atoms with E-state index in [-0.39, 0.29) is 6.54 Å². The van der Waals surface area contributed by atoms with Crippen molar-refractivity contribution in [2.24, 2.45) is 5.92 Å². The van der Waals surface area contributed by atoms with E-state index in [1.807, 2.05) is 39.6 Å². The first-order valence-corrected chi connectivity index (χ1v) is 6.81. The maximum Gasteiger partial charge on any atom is 0.251 e. The maximum atomic E-state index is 12.1. The van der Waals surface area contributed by atoms with Gasteiger partial charge in [-0.2, -0.15) is 0 Å². The summed E-state index contributed by atoms with van der Waals surface area (Å²) in [5, 5.41) is 3.21. The Morgan fingerprint density at radius 3 is 2.12 bits per heavy atom. The van der Waals surface area contributed by atoms with Crippen LogP contribution in [-0.4, -0.2) is 44.0 Å². The van der Waals surface area contributed by atoms with E-state index in [2.05, 4.69) is 12.2 Å². The van der Waals surface area contributed by atoms with Gasteiger partial charge in [-0.05, 0) is 25.9 Å². The summed E-state index contributed by atoms with van der Waals surface area (Å²) in [5.74, 6) is 0.470. The first-order chi connectivity index (χ1) is 8.13. The van der Waals surface area contributed by atoms with Crippen molar-refractivity contribution in [2.75, 3.05) is 26.7 Å². The molecule has 0 saturated carbocycles. The van der Waals surface area contributed by atoms with Crippen molar-refractivity contribution < 1.29 is 8.78 Å². The molecule has 0 radical (unpaired) electrons. The molecule has 1 N–H and O–H groups in total. The molecule has 4 heteroatoms. The van der Waals surface area contributed by atoms with E-state index in [0.717, 1.165) is 19.5 Å². The molecule has 0 amide bonds. The molecule has 0 aliphatic carbocycles. The van der Waals surface area contributed by atoms with Gasteiger partial charge in [0.1, 0.15) is 0 Å². The summed E-state index contributed by atoms with van der Waals surface area (Å²) in [7, 11) is 1.93. The summed E-state index contributed by atoms with van der Waals surface area (Å²) in [4.78, 5) is 1.85. The van der Waals surface area contributed by atoms with Crippen LogP contribution >= 0.6 is 0 Å². The van der Waals surface area contributed by atoms with Gasteiger partial charge in [-0.15, -0.1) is 0 Å². The summed E-state index contributed by atoms with van der Waals surface area (Å²) in [6.45, 7) is 11.6. The Balaban J connectivity index is 0. The van der Waals surface area contributed by atoms with Gasteiger partial charge in [-0.25, -0.2) is 8.78 Å². The number of likely N-dealkylation sites (tertiary alicyclic amines) is 1. The molecule has 1 aliphatic heterocycles. The summed E-state index contributed by atoms with van der Waals surface area (Å²) in [6, 6.07) is 0.494. The van der Waals surface area contributed by atoms with Crippen molar-refractivity contribution in [3.63, 3.8) is 0 Å². The van der Waals surface area contributed by atoms with E-state index in [4.69, 9.17) is 0 Å². The molecule has 1 aliphatic rings. The minimum atomic E-state index is -2.20. The fourth-order valence-corrected chi connectivity index (χ4v) is 2.02.